The van der Waals surface area contributed by atoms with Crippen molar-refractivity contribution in [2.75, 3.05) is 26.3 Å². The number of rotatable bonds is 6. The fourth-order valence-corrected chi connectivity index (χ4v) is 6.38. The van der Waals surface area contributed by atoms with E-state index in [1.807, 2.05) is 0 Å². The number of morpholine rings is 1. The summed E-state index contributed by atoms with van der Waals surface area (Å²) in [6.07, 6.45) is 0.831. The van der Waals surface area contributed by atoms with Gasteiger partial charge in [-0.25, -0.2) is 21.8 Å². The van der Waals surface area contributed by atoms with Crippen LogP contribution in [-0.2, 0) is 31.1 Å². The number of carbonyl (C=O) groups is 1. The molecule has 1 aliphatic heterocycles. The molecule has 0 saturated carbocycles. The summed E-state index contributed by atoms with van der Waals surface area (Å²) in [4.78, 5) is 16.0. The molecular weight excluding hydrogens is 483 g/mol. The monoisotopic (exact) mass is 499 g/mol. The van der Waals surface area contributed by atoms with E-state index in [4.69, 9.17) is 4.74 Å². The molecule has 0 spiro atoms. The van der Waals surface area contributed by atoms with Crippen LogP contribution in [0.15, 0.2) is 39.7 Å². The topological polar surface area (TPSA) is 123 Å². The second-order valence-electron chi connectivity index (χ2n) is 6.23. The van der Waals surface area contributed by atoms with Gasteiger partial charge in [-0.3, -0.25) is 4.79 Å². The summed E-state index contributed by atoms with van der Waals surface area (Å²) in [7, 11) is -9.56. The summed E-state index contributed by atoms with van der Waals surface area (Å²) in [5, 5.41) is 0.894. The first-order chi connectivity index (χ1) is 14.4. The normalized spacial score (nSPS) is 16.2. The third-order valence-corrected chi connectivity index (χ3v) is 9.09. The van der Waals surface area contributed by atoms with Crippen molar-refractivity contribution in [1.29, 1.82) is 0 Å². The summed E-state index contributed by atoms with van der Waals surface area (Å²) in [6, 6.07) is 4.85. The standard InChI is InChI=1S/C16H16F3N3O6S3/c17-16(18,19)30(24,25)15-12(2-1-5-20-15)14(23)21-10-11-3-4-13(29-11)31(26,27)22-6-8-28-9-7-22/h1-5H,6-10H2,(H,21,23). The van der Waals surface area contributed by atoms with Crippen LogP contribution in [0.25, 0.3) is 0 Å². The van der Waals surface area contributed by atoms with Crippen molar-refractivity contribution in [3.05, 3.63) is 40.9 Å². The Bertz CT molecular complexity index is 1170. The van der Waals surface area contributed by atoms with E-state index in [1.165, 1.54) is 16.4 Å². The smallest absolute Gasteiger partial charge is 0.379 e. The van der Waals surface area contributed by atoms with Crippen LogP contribution in [-0.4, -0.2) is 63.8 Å². The first-order valence-corrected chi connectivity index (χ1v) is 12.4. The van der Waals surface area contributed by atoms with Gasteiger partial charge in [0, 0.05) is 24.2 Å². The zero-order valence-corrected chi connectivity index (χ0v) is 18.1. The molecule has 0 bridgehead atoms. The van der Waals surface area contributed by atoms with Crippen LogP contribution in [0.5, 0.6) is 0 Å². The van der Waals surface area contributed by atoms with Crippen LogP contribution in [0, 0.1) is 0 Å². The Morgan fingerprint density at radius 2 is 1.84 bits per heavy atom. The number of pyridine rings is 1. The average molecular weight is 500 g/mol. The van der Waals surface area contributed by atoms with Crippen LogP contribution in [0.3, 0.4) is 0 Å². The maximum atomic E-state index is 12.9. The van der Waals surface area contributed by atoms with E-state index in [-0.39, 0.29) is 37.1 Å². The van der Waals surface area contributed by atoms with E-state index < -0.39 is 41.9 Å². The van der Waals surface area contributed by atoms with Gasteiger partial charge in [0.15, 0.2) is 5.03 Å². The van der Waals surface area contributed by atoms with Gasteiger partial charge in [0.2, 0.25) is 0 Å². The van der Waals surface area contributed by atoms with E-state index in [1.54, 1.807) is 0 Å². The fourth-order valence-electron chi connectivity index (χ4n) is 2.66. The molecule has 9 nitrogen and oxygen atoms in total. The fraction of sp³-hybridized carbons (Fsp3) is 0.375. The van der Waals surface area contributed by atoms with Gasteiger partial charge in [0.1, 0.15) is 4.21 Å². The Balaban J connectivity index is 1.75. The summed E-state index contributed by atoms with van der Waals surface area (Å²) in [6.45, 7) is 0.764. The molecule has 3 rings (SSSR count). The van der Waals surface area contributed by atoms with E-state index in [9.17, 15) is 34.8 Å². The van der Waals surface area contributed by atoms with Gasteiger partial charge in [-0.15, -0.1) is 11.3 Å². The lowest BCUT2D eigenvalue weighted by molar-refractivity contribution is -0.0438. The SMILES string of the molecule is O=C(NCc1ccc(S(=O)(=O)N2CCOCC2)s1)c1cccnc1S(=O)(=O)C(F)(F)F. The molecule has 2 aromatic rings. The Labute approximate surface area is 179 Å². The lowest BCUT2D eigenvalue weighted by Crippen LogP contribution is -2.40. The second-order valence-corrected chi connectivity index (χ2v) is 11.4. The zero-order chi connectivity index (χ0) is 22.9. The lowest BCUT2D eigenvalue weighted by Gasteiger charge is -2.25. The van der Waals surface area contributed by atoms with Gasteiger partial charge in [0.25, 0.3) is 25.8 Å². The highest BCUT2D eigenvalue weighted by Crippen LogP contribution is 2.31. The Morgan fingerprint density at radius 3 is 2.48 bits per heavy atom. The van der Waals surface area contributed by atoms with Crippen molar-refractivity contribution in [2.24, 2.45) is 0 Å². The number of halogens is 3. The van der Waals surface area contributed by atoms with Gasteiger partial charge in [0.05, 0.1) is 25.3 Å². The Hall–Kier alpha value is -2.07. The van der Waals surface area contributed by atoms with Gasteiger partial charge >= 0.3 is 5.51 Å². The number of nitrogens with zero attached hydrogens (tertiary/aromatic N) is 2. The largest absolute Gasteiger partial charge is 0.503 e. The van der Waals surface area contributed by atoms with Gasteiger partial charge in [-0.2, -0.15) is 17.5 Å². The van der Waals surface area contributed by atoms with Gasteiger partial charge in [-0.1, -0.05) is 0 Å². The number of ether oxygens (including phenoxy) is 1. The molecule has 3 heterocycles. The molecule has 1 N–H and O–H groups in total. The maximum absolute atomic E-state index is 12.9. The number of alkyl halides is 3. The Morgan fingerprint density at radius 1 is 1.16 bits per heavy atom. The molecule has 1 aliphatic rings. The number of aromatic nitrogens is 1. The number of amides is 1. The molecule has 0 aromatic carbocycles. The third kappa shape index (κ3) is 4.90. The quantitative estimate of drug-likeness (QED) is 0.637. The van der Waals surface area contributed by atoms with E-state index in [0.717, 1.165) is 29.7 Å². The minimum Gasteiger partial charge on any atom is -0.379 e. The highest BCUT2D eigenvalue weighted by atomic mass is 32.2. The summed E-state index contributed by atoms with van der Waals surface area (Å²) >= 11 is 0.886. The number of carbonyl (C=O) groups excluding carboxylic acids is 1. The number of sulfone groups is 1. The number of thiophene rings is 1. The maximum Gasteiger partial charge on any atom is 0.503 e. The average Bonchev–Trinajstić information content (AvgIpc) is 3.22. The molecular formula is C16H16F3N3O6S3. The summed E-state index contributed by atoms with van der Waals surface area (Å²) in [5.41, 5.74) is -6.38. The molecule has 0 unspecified atom stereocenters. The highest BCUT2D eigenvalue weighted by Gasteiger charge is 2.49. The number of hydrogen-bond acceptors (Lipinski definition) is 8. The van der Waals surface area contributed by atoms with E-state index >= 15 is 0 Å². The van der Waals surface area contributed by atoms with Crippen LogP contribution < -0.4 is 5.32 Å². The minimum atomic E-state index is -5.83. The predicted octanol–water partition coefficient (Wildman–Crippen LogP) is 1.39. The predicted molar refractivity (Wildman–Crippen MR) is 103 cm³/mol. The second kappa shape index (κ2) is 8.82. The van der Waals surface area contributed by atoms with Crippen LogP contribution in [0.2, 0.25) is 0 Å². The molecule has 1 fully saturated rings. The lowest BCUT2D eigenvalue weighted by atomic mass is 10.2. The molecule has 170 valence electrons. The zero-order valence-electron chi connectivity index (χ0n) is 15.6. The highest BCUT2D eigenvalue weighted by molar-refractivity contribution is 7.92. The molecule has 31 heavy (non-hydrogen) atoms. The van der Waals surface area contributed by atoms with E-state index in [0.29, 0.717) is 4.88 Å². The number of sulfonamides is 1. The molecule has 0 aliphatic carbocycles. The first-order valence-electron chi connectivity index (χ1n) is 8.66. The molecule has 0 atom stereocenters. The molecule has 1 saturated heterocycles. The van der Waals surface area contributed by atoms with Crippen molar-refractivity contribution in [3.63, 3.8) is 0 Å². The van der Waals surface area contributed by atoms with Crippen LogP contribution >= 0.6 is 11.3 Å². The minimum absolute atomic E-state index is 0.0420. The van der Waals surface area contributed by atoms with Crippen molar-refractivity contribution >= 4 is 37.1 Å². The van der Waals surface area contributed by atoms with Crippen molar-refractivity contribution < 1.29 is 39.5 Å². The van der Waals surface area contributed by atoms with Crippen LogP contribution in [0.4, 0.5) is 13.2 Å². The number of hydrogen-bond donors (Lipinski definition) is 1. The van der Waals surface area contributed by atoms with Crippen molar-refractivity contribution in [2.45, 2.75) is 21.3 Å². The van der Waals surface area contributed by atoms with Crippen LogP contribution in [0.1, 0.15) is 15.2 Å². The summed E-state index contributed by atoms with van der Waals surface area (Å²) < 4.78 is 93.6. The third-order valence-electron chi connectivity index (χ3n) is 4.20. The summed E-state index contributed by atoms with van der Waals surface area (Å²) in [5.74, 6) is -1.10. The number of nitrogens with one attached hydrogen (secondary N) is 1. The van der Waals surface area contributed by atoms with Gasteiger partial charge < -0.3 is 10.1 Å². The molecule has 0 radical (unpaired) electrons. The van der Waals surface area contributed by atoms with Gasteiger partial charge in [-0.05, 0) is 24.3 Å². The first kappa shape index (κ1) is 23.6. The van der Waals surface area contributed by atoms with Crippen molar-refractivity contribution in [3.8, 4) is 0 Å². The molecule has 2 aromatic heterocycles. The van der Waals surface area contributed by atoms with E-state index in [2.05, 4.69) is 10.3 Å². The molecule has 1 amide bonds. The molecule has 15 heteroatoms. The van der Waals surface area contributed by atoms with Crippen molar-refractivity contribution in [1.82, 2.24) is 14.6 Å². The Kier molecular flexibility index (Phi) is 6.71.